The number of aliphatic hydroxyl groups excluding tert-OH is 1. The second-order valence-corrected chi connectivity index (χ2v) is 6.51. The van der Waals surface area contributed by atoms with Gasteiger partial charge in [0.25, 0.3) is 0 Å². The van der Waals surface area contributed by atoms with E-state index in [0.717, 1.165) is 23.4 Å². The van der Waals surface area contributed by atoms with Crippen LogP contribution in [-0.2, 0) is 11.8 Å². The zero-order valence-electron chi connectivity index (χ0n) is 12.1. The zero-order valence-corrected chi connectivity index (χ0v) is 12.9. The van der Waals surface area contributed by atoms with Crippen molar-refractivity contribution in [2.75, 3.05) is 0 Å². The summed E-state index contributed by atoms with van der Waals surface area (Å²) in [6.07, 6.45) is 4.89. The Hall–Kier alpha value is -1.31. The van der Waals surface area contributed by atoms with E-state index in [2.05, 4.69) is 24.3 Å². The lowest BCUT2D eigenvalue weighted by Crippen LogP contribution is -2.38. The standard InChI is InChI=1S/C19H21ClO/c20-17-10-8-15(9-11-17)14-18(21)19(12-4-5-13-19)16-6-2-1-3-7-16/h1-3,6-11,18,21H,4-5,12-14H2. The Kier molecular flexibility index (Phi) is 4.32. The largest absolute Gasteiger partial charge is 0.392 e. The maximum atomic E-state index is 10.9. The van der Waals surface area contributed by atoms with E-state index in [4.69, 9.17) is 11.6 Å². The lowest BCUT2D eigenvalue weighted by Gasteiger charge is -2.35. The van der Waals surface area contributed by atoms with Gasteiger partial charge in [-0.1, -0.05) is 66.9 Å². The first-order valence-electron chi connectivity index (χ1n) is 7.69. The van der Waals surface area contributed by atoms with Gasteiger partial charge in [-0.25, -0.2) is 0 Å². The van der Waals surface area contributed by atoms with Crippen LogP contribution >= 0.6 is 11.6 Å². The molecule has 0 aromatic heterocycles. The third-order valence-corrected chi connectivity index (χ3v) is 5.08. The van der Waals surface area contributed by atoms with E-state index in [1.807, 2.05) is 30.3 Å². The highest BCUT2D eigenvalue weighted by atomic mass is 35.5. The Balaban J connectivity index is 1.85. The Bertz CT molecular complexity index is 570. The molecule has 1 atom stereocenters. The van der Waals surface area contributed by atoms with Crippen LogP contribution in [0.4, 0.5) is 0 Å². The Morgan fingerprint density at radius 3 is 2.19 bits per heavy atom. The summed E-state index contributed by atoms with van der Waals surface area (Å²) in [6.45, 7) is 0. The van der Waals surface area contributed by atoms with Crippen LogP contribution in [0.5, 0.6) is 0 Å². The molecule has 2 heteroatoms. The molecular formula is C19H21ClO. The molecule has 1 unspecified atom stereocenters. The van der Waals surface area contributed by atoms with Gasteiger partial charge in [0, 0.05) is 10.4 Å². The Labute approximate surface area is 131 Å². The molecule has 0 radical (unpaired) electrons. The van der Waals surface area contributed by atoms with Gasteiger partial charge in [-0.2, -0.15) is 0 Å². The molecule has 0 saturated heterocycles. The van der Waals surface area contributed by atoms with Gasteiger partial charge in [0.2, 0.25) is 0 Å². The van der Waals surface area contributed by atoms with Crippen LogP contribution in [0.3, 0.4) is 0 Å². The first kappa shape index (κ1) is 14.6. The van der Waals surface area contributed by atoms with Gasteiger partial charge in [-0.05, 0) is 42.5 Å². The fraction of sp³-hybridized carbons (Fsp3) is 0.368. The Morgan fingerprint density at radius 2 is 1.57 bits per heavy atom. The summed E-state index contributed by atoms with van der Waals surface area (Å²) < 4.78 is 0. The molecule has 1 nitrogen and oxygen atoms in total. The third kappa shape index (κ3) is 3.00. The summed E-state index contributed by atoms with van der Waals surface area (Å²) in [5, 5.41) is 11.7. The predicted octanol–water partition coefficient (Wildman–Crippen LogP) is 4.76. The quantitative estimate of drug-likeness (QED) is 0.863. The third-order valence-electron chi connectivity index (χ3n) is 4.82. The van der Waals surface area contributed by atoms with Gasteiger partial charge in [0.05, 0.1) is 6.10 Å². The van der Waals surface area contributed by atoms with Crippen LogP contribution in [0, 0.1) is 0 Å². The van der Waals surface area contributed by atoms with Crippen LogP contribution in [0.1, 0.15) is 36.8 Å². The molecule has 21 heavy (non-hydrogen) atoms. The maximum absolute atomic E-state index is 10.9. The second-order valence-electron chi connectivity index (χ2n) is 6.08. The summed E-state index contributed by atoms with van der Waals surface area (Å²) in [5.74, 6) is 0. The van der Waals surface area contributed by atoms with E-state index >= 15 is 0 Å². The molecule has 2 aromatic rings. The van der Waals surface area contributed by atoms with Crippen LogP contribution in [-0.4, -0.2) is 11.2 Å². The minimum atomic E-state index is -0.344. The van der Waals surface area contributed by atoms with E-state index in [-0.39, 0.29) is 11.5 Å². The lowest BCUT2D eigenvalue weighted by molar-refractivity contribution is 0.0826. The van der Waals surface area contributed by atoms with E-state index in [9.17, 15) is 5.11 Å². The average Bonchev–Trinajstić information content (AvgIpc) is 3.01. The van der Waals surface area contributed by atoms with Crippen molar-refractivity contribution < 1.29 is 5.11 Å². The van der Waals surface area contributed by atoms with Crippen molar-refractivity contribution in [1.29, 1.82) is 0 Å². The summed E-state index contributed by atoms with van der Waals surface area (Å²) in [6, 6.07) is 18.3. The van der Waals surface area contributed by atoms with Crippen LogP contribution < -0.4 is 0 Å². The molecule has 0 aliphatic heterocycles. The van der Waals surface area contributed by atoms with Crippen LogP contribution in [0.2, 0.25) is 5.02 Å². The number of hydrogen-bond acceptors (Lipinski definition) is 1. The van der Waals surface area contributed by atoms with Crippen molar-refractivity contribution >= 4 is 11.6 Å². The van der Waals surface area contributed by atoms with E-state index in [1.54, 1.807) is 0 Å². The average molecular weight is 301 g/mol. The highest BCUT2D eigenvalue weighted by molar-refractivity contribution is 6.30. The molecule has 1 fully saturated rings. The summed E-state index contributed by atoms with van der Waals surface area (Å²) in [5.41, 5.74) is 2.35. The molecule has 1 saturated carbocycles. The number of halogens is 1. The van der Waals surface area contributed by atoms with E-state index in [1.165, 1.54) is 18.4 Å². The highest BCUT2D eigenvalue weighted by Gasteiger charge is 2.41. The van der Waals surface area contributed by atoms with Crippen molar-refractivity contribution in [3.8, 4) is 0 Å². The topological polar surface area (TPSA) is 20.2 Å². The predicted molar refractivity (Wildman–Crippen MR) is 87.8 cm³/mol. The molecule has 1 N–H and O–H groups in total. The van der Waals surface area contributed by atoms with Crippen molar-refractivity contribution in [2.45, 2.75) is 43.6 Å². The van der Waals surface area contributed by atoms with Crippen molar-refractivity contribution in [2.24, 2.45) is 0 Å². The van der Waals surface area contributed by atoms with Crippen molar-refractivity contribution in [3.63, 3.8) is 0 Å². The van der Waals surface area contributed by atoms with Crippen LogP contribution in [0.25, 0.3) is 0 Å². The number of benzene rings is 2. The van der Waals surface area contributed by atoms with Gasteiger partial charge in [-0.15, -0.1) is 0 Å². The normalized spacial score (nSPS) is 18.6. The monoisotopic (exact) mass is 300 g/mol. The fourth-order valence-electron chi connectivity index (χ4n) is 3.63. The molecule has 0 bridgehead atoms. The van der Waals surface area contributed by atoms with Crippen molar-refractivity contribution in [3.05, 3.63) is 70.7 Å². The summed E-state index contributed by atoms with van der Waals surface area (Å²) in [7, 11) is 0. The summed E-state index contributed by atoms with van der Waals surface area (Å²) >= 11 is 5.94. The molecule has 0 heterocycles. The van der Waals surface area contributed by atoms with Gasteiger partial charge in [0.1, 0.15) is 0 Å². The number of aliphatic hydroxyl groups is 1. The van der Waals surface area contributed by atoms with Crippen molar-refractivity contribution in [1.82, 2.24) is 0 Å². The lowest BCUT2D eigenvalue weighted by atomic mass is 9.72. The maximum Gasteiger partial charge on any atom is 0.0677 e. The molecule has 110 valence electrons. The minimum absolute atomic E-state index is 0.0824. The van der Waals surface area contributed by atoms with Gasteiger partial charge < -0.3 is 5.11 Å². The highest BCUT2D eigenvalue weighted by Crippen LogP contribution is 2.44. The SMILES string of the molecule is OC(Cc1ccc(Cl)cc1)C1(c2ccccc2)CCCC1. The summed E-state index contributed by atoms with van der Waals surface area (Å²) in [4.78, 5) is 0. The smallest absolute Gasteiger partial charge is 0.0677 e. The zero-order chi connectivity index (χ0) is 14.7. The van der Waals surface area contributed by atoms with E-state index < -0.39 is 0 Å². The second kappa shape index (κ2) is 6.21. The number of hydrogen-bond donors (Lipinski definition) is 1. The minimum Gasteiger partial charge on any atom is -0.392 e. The molecule has 0 spiro atoms. The first-order valence-corrected chi connectivity index (χ1v) is 8.06. The van der Waals surface area contributed by atoms with Gasteiger partial charge in [-0.3, -0.25) is 0 Å². The molecular weight excluding hydrogens is 280 g/mol. The molecule has 1 aliphatic carbocycles. The fourth-order valence-corrected chi connectivity index (χ4v) is 3.76. The van der Waals surface area contributed by atoms with Crippen LogP contribution in [0.15, 0.2) is 54.6 Å². The molecule has 3 rings (SSSR count). The number of rotatable bonds is 4. The molecule has 0 amide bonds. The van der Waals surface area contributed by atoms with E-state index in [0.29, 0.717) is 6.42 Å². The van der Waals surface area contributed by atoms with Gasteiger partial charge >= 0.3 is 0 Å². The Morgan fingerprint density at radius 1 is 0.952 bits per heavy atom. The van der Waals surface area contributed by atoms with Gasteiger partial charge in [0.15, 0.2) is 0 Å². The molecule has 1 aliphatic rings. The first-order chi connectivity index (χ1) is 10.2. The molecule has 2 aromatic carbocycles.